The van der Waals surface area contributed by atoms with E-state index >= 15 is 4.39 Å². The Morgan fingerprint density at radius 1 is 0.915 bits per heavy atom. The molecule has 0 aliphatic rings. The summed E-state index contributed by atoms with van der Waals surface area (Å²) in [6.07, 6.45) is -5.06. The van der Waals surface area contributed by atoms with Gasteiger partial charge in [0.2, 0.25) is 5.91 Å². The number of carbonyl (C=O) groups is 2. The zero-order valence-electron chi connectivity index (χ0n) is 24.5. The van der Waals surface area contributed by atoms with Crippen LogP contribution in [0.2, 0.25) is 0 Å². The van der Waals surface area contributed by atoms with Gasteiger partial charge >= 0.3 is 6.36 Å². The number of anilines is 1. The van der Waals surface area contributed by atoms with Gasteiger partial charge in [-0.1, -0.05) is 54.6 Å². The van der Waals surface area contributed by atoms with E-state index < -0.39 is 45.6 Å². The molecule has 0 aliphatic heterocycles. The quantitative estimate of drug-likeness (QED) is 0.0785. The number of alkyl halides is 3. The molecule has 13 heteroatoms. The SMILES string of the molecule is O=C(CCCS(=O)(=O)O)c1ccc(CC(C(=O)Nc2ccc(-c3cc4ccccc4o3)cc2F)c2ccc(OC(F)(F)F)cc2)cc1. The molecule has 0 fully saturated rings. The molecular weight excluding hydrogens is 642 g/mol. The van der Waals surface area contributed by atoms with Crippen molar-refractivity contribution in [2.75, 3.05) is 11.1 Å². The molecule has 1 atom stereocenters. The van der Waals surface area contributed by atoms with Crippen molar-refractivity contribution in [1.29, 1.82) is 0 Å². The van der Waals surface area contributed by atoms with Crippen LogP contribution in [0.25, 0.3) is 22.3 Å². The molecule has 0 bridgehead atoms. The number of ketones is 1. The van der Waals surface area contributed by atoms with Crippen molar-refractivity contribution in [3.05, 3.63) is 120 Å². The molecule has 0 radical (unpaired) electrons. The molecule has 1 aromatic heterocycles. The van der Waals surface area contributed by atoms with E-state index in [9.17, 15) is 31.2 Å². The number of rotatable bonds is 12. The first-order valence-electron chi connectivity index (χ1n) is 14.3. The van der Waals surface area contributed by atoms with Gasteiger partial charge in [0.25, 0.3) is 10.1 Å². The van der Waals surface area contributed by atoms with Crippen molar-refractivity contribution in [2.24, 2.45) is 0 Å². The summed E-state index contributed by atoms with van der Waals surface area (Å²) in [5.74, 6) is -3.33. The minimum Gasteiger partial charge on any atom is -0.456 e. The number of fused-ring (bicyclic) bond motifs is 1. The van der Waals surface area contributed by atoms with Gasteiger partial charge in [0.1, 0.15) is 22.9 Å². The van der Waals surface area contributed by atoms with E-state index in [0.717, 1.165) is 17.5 Å². The Balaban J connectivity index is 1.35. The van der Waals surface area contributed by atoms with Crippen molar-refractivity contribution in [3.8, 4) is 17.1 Å². The van der Waals surface area contributed by atoms with E-state index in [-0.39, 0.29) is 36.3 Å². The maximum Gasteiger partial charge on any atom is 0.573 e. The van der Waals surface area contributed by atoms with Crippen molar-refractivity contribution in [3.63, 3.8) is 0 Å². The number of amides is 1. The van der Waals surface area contributed by atoms with Crippen LogP contribution in [-0.4, -0.2) is 36.8 Å². The summed E-state index contributed by atoms with van der Waals surface area (Å²) in [5, 5.41) is 3.41. The lowest BCUT2D eigenvalue weighted by atomic mass is 9.90. The highest BCUT2D eigenvalue weighted by molar-refractivity contribution is 7.85. The van der Waals surface area contributed by atoms with Crippen molar-refractivity contribution >= 4 is 38.5 Å². The van der Waals surface area contributed by atoms with Crippen LogP contribution in [-0.2, 0) is 21.3 Å². The lowest BCUT2D eigenvalue weighted by Gasteiger charge is -2.19. The molecule has 2 N–H and O–H groups in total. The monoisotopic (exact) mass is 669 g/mol. The van der Waals surface area contributed by atoms with Crippen LogP contribution >= 0.6 is 0 Å². The Labute approximate surface area is 266 Å². The second-order valence-electron chi connectivity index (χ2n) is 10.7. The fourth-order valence-corrected chi connectivity index (χ4v) is 5.51. The van der Waals surface area contributed by atoms with E-state index in [4.69, 9.17) is 8.97 Å². The van der Waals surface area contributed by atoms with Gasteiger partial charge in [-0.15, -0.1) is 13.2 Å². The number of halogens is 4. The third-order valence-electron chi connectivity index (χ3n) is 7.29. The van der Waals surface area contributed by atoms with Crippen molar-refractivity contribution < 1.29 is 49.3 Å². The first-order chi connectivity index (χ1) is 22.2. The van der Waals surface area contributed by atoms with Crippen LogP contribution in [0.4, 0.5) is 23.2 Å². The van der Waals surface area contributed by atoms with Gasteiger partial charge in [-0.05, 0) is 66.4 Å². The predicted molar refractivity (Wildman–Crippen MR) is 166 cm³/mol. The molecule has 47 heavy (non-hydrogen) atoms. The van der Waals surface area contributed by atoms with Gasteiger partial charge < -0.3 is 14.5 Å². The summed E-state index contributed by atoms with van der Waals surface area (Å²) < 4.78 is 93.8. The molecule has 0 saturated carbocycles. The maximum absolute atomic E-state index is 15.3. The second kappa shape index (κ2) is 13.8. The number of ether oxygens (including phenoxy) is 1. The van der Waals surface area contributed by atoms with Crippen LogP contribution in [0.5, 0.6) is 5.75 Å². The lowest BCUT2D eigenvalue weighted by molar-refractivity contribution is -0.274. The minimum atomic E-state index is -4.91. The molecule has 5 rings (SSSR count). The van der Waals surface area contributed by atoms with E-state index in [1.807, 2.05) is 18.2 Å². The zero-order chi connectivity index (χ0) is 33.8. The summed E-state index contributed by atoms with van der Waals surface area (Å²) in [6, 6.07) is 24.2. The van der Waals surface area contributed by atoms with Gasteiger partial charge in [0.05, 0.1) is 17.4 Å². The molecule has 4 aromatic carbocycles. The maximum atomic E-state index is 15.3. The zero-order valence-corrected chi connectivity index (χ0v) is 25.3. The van der Waals surface area contributed by atoms with Crippen LogP contribution < -0.4 is 10.1 Å². The summed E-state index contributed by atoms with van der Waals surface area (Å²) in [6.45, 7) is 0. The van der Waals surface area contributed by atoms with E-state index in [1.165, 1.54) is 36.4 Å². The van der Waals surface area contributed by atoms with Gasteiger partial charge in [0, 0.05) is 22.9 Å². The molecule has 8 nitrogen and oxygen atoms in total. The third-order valence-corrected chi connectivity index (χ3v) is 8.10. The largest absolute Gasteiger partial charge is 0.573 e. The molecular formula is C34H27F4NO7S. The van der Waals surface area contributed by atoms with Crippen LogP contribution in [0.3, 0.4) is 0 Å². The molecule has 1 unspecified atom stereocenters. The highest BCUT2D eigenvalue weighted by Crippen LogP contribution is 2.32. The fourth-order valence-electron chi connectivity index (χ4n) is 5.00. The molecule has 1 heterocycles. The Morgan fingerprint density at radius 3 is 2.26 bits per heavy atom. The standard InChI is InChI=1S/C34H27F4NO7S/c35-28-19-25(32-20-24-4-1-2-6-31(24)45-32)13-16-29(28)39-33(41)27(22-11-14-26(15-12-22)46-34(36,37)38)18-21-7-9-23(10-8-21)30(40)5-3-17-47(42,43)44/h1-2,4,6-16,19-20,27H,3,5,17-18H2,(H,39,41)(H,42,43,44). The van der Waals surface area contributed by atoms with Crippen molar-refractivity contribution in [1.82, 2.24) is 0 Å². The van der Waals surface area contributed by atoms with Gasteiger partial charge in [-0.25, -0.2) is 4.39 Å². The topological polar surface area (TPSA) is 123 Å². The predicted octanol–water partition coefficient (Wildman–Crippen LogP) is 7.95. The number of nitrogens with one attached hydrogen (secondary N) is 1. The number of hydrogen-bond acceptors (Lipinski definition) is 6. The third kappa shape index (κ3) is 9.05. The number of hydrogen-bond donors (Lipinski definition) is 2. The van der Waals surface area contributed by atoms with E-state index in [1.54, 1.807) is 30.3 Å². The summed E-state index contributed by atoms with van der Waals surface area (Å²) in [5.41, 5.74) is 2.14. The Kier molecular flexibility index (Phi) is 9.77. The highest BCUT2D eigenvalue weighted by Gasteiger charge is 2.31. The van der Waals surface area contributed by atoms with Crippen molar-refractivity contribution in [2.45, 2.75) is 31.5 Å². The molecule has 244 valence electrons. The van der Waals surface area contributed by atoms with Gasteiger partial charge in [-0.3, -0.25) is 14.1 Å². The summed E-state index contributed by atoms with van der Waals surface area (Å²) >= 11 is 0. The van der Waals surface area contributed by atoms with E-state index in [0.29, 0.717) is 28.0 Å². The smallest absolute Gasteiger partial charge is 0.456 e. The van der Waals surface area contributed by atoms with Crippen LogP contribution in [0.1, 0.15) is 40.2 Å². The minimum absolute atomic E-state index is 0.0290. The molecule has 0 aliphatic carbocycles. The number of furan rings is 1. The molecule has 5 aromatic rings. The van der Waals surface area contributed by atoms with Gasteiger partial charge in [0.15, 0.2) is 5.78 Å². The first-order valence-corrected chi connectivity index (χ1v) is 15.9. The number of Topliss-reactive ketones (excluding diaryl/α,β-unsaturated/α-hetero) is 1. The highest BCUT2D eigenvalue weighted by atomic mass is 32.2. The normalized spacial score (nSPS) is 12.5. The molecule has 0 spiro atoms. The average Bonchev–Trinajstić information content (AvgIpc) is 3.45. The summed E-state index contributed by atoms with van der Waals surface area (Å²) in [7, 11) is -4.20. The lowest BCUT2D eigenvalue weighted by Crippen LogP contribution is -2.24. The first kappa shape index (κ1) is 33.4. The average molecular weight is 670 g/mol. The number of carbonyl (C=O) groups excluding carboxylic acids is 2. The van der Waals surface area contributed by atoms with E-state index in [2.05, 4.69) is 10.1 Å². The number of benzene rings is 4. The molecule has 1 amide bonds. The number of para-hydroxylation sites is 1. The Hall–Kier alpha value is -5.01. The summed E-state index contributed by atoms with van der Waals surface area (Å²) in [4.78, 5) is 26.0. The Morgan fingerprint density at radius 2 is 1.62 bits per heavy atom. The van der Waals surface area contributed by atoms with Gasteiger partial charge in [-0.2, -0.15) is 8.42 Å². The fraction of sp³-hybridized carbons (Fsp3) is 0.176. The van der Waals surface area contributed by atoms with Crippen LogP contribution in [0, 0.1) is 5.82 Å². The van der Waals surface area contributed by atoms with Crippen LogP contribution in [0.15, 0.2) is 101 Å². The Bertz CT molecular complexity index is 1970. The molecule has 0 saturated heterocycles. The second-order valence-corrected chi connectivity index (χ2v) is 12.3.